The molecule has 0 aliphatic carbocycles. The van der Waals surface area contributed by atoms with E-state index in [-0.39, 0.29) is 31.1 Å². The lowest BCUT2D eigenvalue weighted by Gasteiger charge is -2.18. The zero-order chi connectivity index (χ0) is 46.1. The molecule has 1 atom stereocenters. The van der Waals surface area contributed by atoms with Crippen LogP contribution < -0.4 is 0 Å². The van der Waals surface area contributed by atoms with Crippen molar-refractivity contribution in [3.05, 3.63) is 0 Å². The highest BCUT2D eigenvalue weighted by atomic mass is 16.6. The van der Waals surface area contributed by atoms with Crippen LogP contribution in [0.1, 0.15) is 317 Å². The van der Waals surface area contributed by atoms with Gasteiger partial charge in [0.25, 0.3) is 0 Å². The van der Waals surface area contributed by atoms with Crippen LogP contribution in [0.15, 0.2) is 0 Å². The molecule has 63 heavy (non-hydrogen) atoms. The van der Waals surface area contributed by atoms with Gasteiger partial charge in [-0.1, -0.05) is 279 Å². The summed E-state index contributed by atoms with van der Waals surface area (Å²) >= 11 is 0. The van der Waals surface area contributed by atoms with Crippen molar-refractivity contribution in [2.24, 2.45) is 11.8 Å². The van der Waals surface area contributed by atoms with Gasteiger partial charge >= 0.3 is 17.9 Å². The van der Waals surface area contributed by atoms with Gasteiger partial charge in [0, 0.05) is 19.3 Å². The van der Waals surface area contributed by atoms with Gasteiger partial charge in [-0.05, 0) is 31.1 Å². The van der Waals surface area contributed by atoms with E-state index in [9.17, 15) is 14.4 Å². The van der Waals surface area contributed by atoms with Crippen LogP contribution in [0, 0.1) is 11.8 Å². The van der Waals surface area contributed by atoms with Gasteiger partial charge in [0.05, 0.1) is 0 Å². The summed E-state index contributed by atoms with van der Waals surface area (Å²) in [6.07, 6.45) is 52.5. The van der Waals surface area contributed by atoms with Gasteiger partial charge in [-0.2, -0.15) is 0 Å². The molecule has 0 aliphatic rings. The number of hydrogen-bond donors (Lipinski definition) is 0. The maximum atomic E-state index is 12.8. The van der Waals surface area contributed by atoms with Crippen LogP contribution in [0.4, 0.5) is 0 Å². The van der Waals surface area contributed by atoms with E-state index in [0.29, 0.717) is 19.3 Å². The van der Waals surface area contributed by atoms with E-state index in [4.69, 9.17) is 14.2 Å². The van der Waals surface area contributed by atoms with Crippen LogP contribution in [0.5, 0.6) is 0 Å². The summed E-state index contributed by atoms with van der Waals surface area (Å²) < 4.78 is 16.8. The van der Waals surface area contributed by atoms with Crippen LogP contribution in [-0.2, 0) is 28.6 Å². The average Bonchev–Trinajstić information content (AvgIpc) is 3.25. The number of hydrogen-bond acceptors (Lipinski definition) is 6. The number of esters is 3. The third-order valence-electron chi connectivity index (χ3n) is 13.0. The van der Waals surface area contributed by atoms with Gasteiger partial charge in [0.2, 0.25) is 0 Å². The van der Waals surface area contributed by atoms with Crippen molar-refractivity contribution in [1.82, 2.24) is 0 Å². The van der Waals surface area contributed by atoms with Crippen molar-refractivity contribution in [2.75, 3.05) is 13.2 Å². The summed E-state index contributed by atoms with van der Waals surface area (Å²) in [5, 5.41) is 0. The standard InChI is InChI=1S/C57H110O6/c1-6-7-8-9-10-11-12-13-14-18-22-25-28-33-39-44-49-57(60)63-54(51-62-56(59)48-43-38-34-29-31-36-41-46-53(4)5)50-61-55(58)47-42-37-32-27-24-21-19-16-15-17-20-23-26-30-35-40-45-52(2)3/h52-54H,6-51H2,1-5H3/t54-/m1/s1. The van der Waals surface area contributed by atoms with Crippen molar-refractivity contribution >= 4 is 17.9 Å². The summed E-state index contributed by atoms with van der Waals surface area (Å²) in [5.74, 6) is 0.790. The summed E-state index contributed by atoms with van der Waals surface area (Å²) in [7, 11) is 0. The Morgan fingerprint density at radius 3 is 0.778 bits per heavy atom. The van der Waals surface area contributed by atoms with Gasteiger partial charge in [0.15, 0.2) is 6.10 Å². The van der Waals surface area contributed by atoms with Gasteiger partial charge < -0.3 is 14.2 Å². The zero-order valence-corrected chi connectivity index (χ0v) is 43.2. The molecule has 6 nitrogen and oxygen atoms in total. The Bertz CT molecular complexity index is 962. The normalized spacial score (nSPS) is 12.0. The molecule has 0 unspecified atom stereocenters. The van der Waals surface area contributed by atoms with Gasteiger partial charge in [0.1, 0.15) is 13.2 Å². The Balaban J connectivity index is 4.24. The van der Waals surface area contributed by atoms with E-state index in [0.717, 1.165) is 69.6 Å². The summed E-state index contributed by atoms with van der Waals surface area (Å²) in [4.78, 5) is 38.0. The van der Waals surface area contributed by atoms with Crippen molar-refractivity contribution in [3.63, 3.8) is 0 Å². The lowest BCUT2D eigenvalue weighted by atomic mass is 10.0. The first-order valence-corrected chi connectivity index (χ1v) is 28.2. The highest BCUT2D eigenvalue weighted by Crippen LogP contribution is 2.18. The first-order valence-electron chi connectivity index (χ1n) is 28.2. The second-order valence-electron chi connectivity index (χ2n) is 20.5. The monoisotopic (exact) mass is 891 g/mol. The SMILES string of the molecule is CCCCCCCCCCCCCCCCCCC(=O)O[C@H](COC(=O)CCCCCCCCCCCCCCCCCCC(C)C)COC(=O)CCCCCCCCCC(C)C. The maximum absolute atomic E-state index is 12.8. The molecule has 0 saturated heterocycles. The maximum Gasteiger partial charge on any atom is 0.306 e. The minimum atomic E-state index is -0.762. The fourth-order valence-corrected chi connectivity index (χ4v) is 8.70. The molecule has 0 aliphatic heterocycles. The van der Waals surface area contributed by atoms with Crippen LogP contribution in [0.25, 0.3) is 0 Å². The predicted molar refractivity (Wildman–Crippen MR) is 270 cm³/mol. The van der Waals surface area contributed by atoms with Crippen molar-refractivity contribution in [2.45, 2.75) is 323 Å². The molecule has 0 amide bonds. The Hall–Kier alpha value is -1.59. The molecule has 0 saturated carbocycles. The average molecular weight is 892 g/mol. The van der Waals surface area contributed by atoms with E-state index in [2.05, 4.69) is 34.6 Å². The van der Waals surface area contributed by atoms with Gasteiger partial charge in [-0.25, -0.2) is 0 Å². The van der Waals surface area contributed by atoms with E-state index < -0.39 is 6.10 Å². The quantitative estimate of drug-likeness (QED) is 0.0344. The first-order chi connectivity index (χ1) is 30.7. The molecule has 0 bridgehead atoms. The number of carbonyl (C=O) groups excluding carboxylic acids is 3. The van der Waals surface area contributed by atoms with E-state index >= 15 is 0 Å². The Labute approximate surface area is 393 Å². The minimum absolute atomic E-state index is 0.0634. The van der Waals surface area contributed by atoms with Gasteiger partial charge in [-0.15, -0.1) is 0 Å². The van der Waals surface area contributed by atoms with Crippen molar-refractivity contribution < 1.29 is 28.6 Å². The van der Waals surface area contributed by atoms with Crippen LogP contribution in [-0.4, -0.2) is 37.2 Å². The molecular formula is C57H110O6. The highest BCUT2D eigenvalue weighted by molar-refractivity contribution is 5.71. The molecule has 0 aromatic carbocycles. The fraction of sp³-hybridized carbons (Fsp3) is 0.947. The Morgan fingerprint density at radius 1 is 0.302 bits per heavy atom. The topological polar surface area (TPSA) is 78.9 Å². The van der Waals surface area contributed by atoms with Crippen LogP contribution in [0.2, 0.25) is 0 Å². The molecule has 0 spiro atoms. The Kier molecular flexibility index (Phi) is 48.6. The molecular weight excluding hydrogens is 781 g/mol. The van der Waals surface area contributed by atoms with E-state index in [1.807, 2.05) is 0 Å². The van der Waals surface area contributed by atoms with E-state index in [1.165, 1.54) is 205 Å². The summed E-state index contributed by atoms with van der Waals surface area (Å²) in [5.41, 5.74) is 0. The number of rotatable bonds is 51. The molecule has 0 aromatic rings. The number of ether oxygens (including phenoxy) is 3. The molecule has 0 rings (SSSR count). The van der Waals surface area contributed by atoms with Gasteiger partial charge in [-0.3, -0.25) is 14.4 Å². The highest BCUT2D eigenvalue weighted by Gasteiger charge is 2.19. The Morgan fingerprint density at radius 2 is 0.524 bits per heavy atom. The molecule has 0 N–H and O–H groups in total. The summed E-state index contributed by atoms with van der Waals surface area (Å²) in [6, 6.07) is 0. The fourth-order valence-electron chi connectivity index (χ4n) is 8.70. The third kappa shape index (κ3) is 51.3. The molecule has 0 heterocycles. The molecule has 374 valence electrons. The van der Waals surface area contributed by atoms with Crippen LogP contribution >= 0.6 is 0 Å². The molecule has 6 heteroatoms. The first kappa shape index (κ1) is 61.4. The van der Waals surface area contributed by atoms with Crippen molar-refractivity contribution in [3.8, 4) is 0 Å². The molecule has 0 radical (unpaired) electrons. The number of carbonyl (C=O) groups is 3. The largest absolute Gasteiger partial charge is 0.462 e. The van der Waals surface area contributed by atoms with Crippen LogP contribution in [0.3, 0.4) is 0 Å². The lowest BCUT2D eigenvalue weighted by molar-refractivity contribution is -0.167. The second kappa shape index (κ2) is 49.8. The molecule has 0 aromatic heterocycles. The smallest absolute Gasteiger partial charge is 0.306 e. The zero-order valence-electron chi connectivity index (χ0n) is 43.2. The van der Waals surface area contributed by atoms with Crippen molar-refractivity contribution in [1.29, 1.82) is 0 Å². The predicted octanol–water partition coefficient (Wildman–Crippen LogP) is 18.5. The minimum Gasteiger partial charge on any atom is -0.462 e. The third-order valence-corrected chi connectivity index (χ3v) is 13.0. The lowest BCUT2D eigenvalue weighted by Crippen LogP contribution is -2.30. The van der Waals surface area contributed by atoms with E-state index in [1.54, 1.807) is 0 Å². The summed E-state index contributed by atoms with van der Waals surface area (Å²) in [6.45, 7) is 11.4. The second-order valence-corrected chi connectivity index (χ2v) is 20.5. The number of unbranched alkanes of at least 4 members (excludes halogenated alkanes) is 36. The molecule has 0 fully saturated rings.